The van der Waals surface area contributed by atoms with Crippen LogP contribution in [0.3, 0.4) is 0 Å². The molecule has 1 aromatic heterocycles. The fraction of sp³-hybridized carbons (Fsp3) is 0.611. The number of imide groups is 1. The van der Waals surface area contributed by atoms with E-state index in [0.29, 0.717) is 38.0 Å². The van der Waals surface area contributed by atoms with Gasteiger partial charge in [0.25, 0.3) is 11.8 Å². The summed E-state index contributed by atoms with van der Waals surface area (Å²) in [6.07, 6.45) is 3.72. The van der Waals surface area contributed by atoms with Gasteiger partial charge in [0.2, 0.25) is 0 Å². The Morgan fingerprint density at radius 3 is 2.33 bits per heavy atom. The number of likely N-dealkylation sites (tertiary alicyclic amines) is 1. The van der Waals surface area contributed by atoms with Gasteiger partial charge in [-0.05, 0) is 18.8 Å². The second kappa shape index (κ2) is 7.13. The van der Waals surface area contributed by atoms with Gasteiger partial charge in [-0.15, -0.1) is 0 Å². The third-order valence-electron chi connectivity index (χ3n) is 5.22. The zero-order chi connectivity index (χ0) is 19.8. The van der Waals surface area contributed by atoms with E-state index < -0.39 is 5.54 Å². The summed E-state index contributed by atoms with van der Waals surface area (Å²) in [6.45, 7) is 5.35. The van der Waals surface area contributed by atoms with Crippen LogP contribution in [0.2, 0.25) is 0 Å². The van der Waals surface area contributed by atoms with Gasteiger partial charge < -0.3 is 14.5 Å². The maximum atomic E-state index is 12.8. The van der Waals surface area contributed by atoms with Crippen LogP contribution in [-0.4, -0.2) is 81.8 Å². The molecule has 0 aliphatic carbocycles. The first-order valence-electron chi connectivity index (χ1n) is 9.05. The Bertz CT molecular complexity index is 741. The molecule has 0 unspecified atom stereocenters. The number of ether oxygens (including phenoxy) is 1. The molecule has 2 fully saturated rings. The first-order valence-corrected chi connectivity index (χ1v) is 9.05. The Balaban J connectivity index is 1.75. The summed E-state index contributed by atoms with van der Waals surface area (Å²) in [6, 6.07) is -0.0522. The summed E-state index contributed by atoms with van der Waals surface area (Å²) in [5, 5.41) is 0. The number of nitrogens with zero attached hydrogens (tertiary/aromatic N) is 5. The van der Waals surface area contributed by atoms with E-state index in [4.69, 9.17) is 4.74 Å². The zero-order valence-corrected chi connectivity index (χ0v) is 16.1. The Morgan fingerprint density at radius 2 is 1.81 bits per heavy atom. The highest BCUT2D eigenvalue weighted by Crippen LogP contribution is 2.37. The number of methoxy groups -OCH3 is 1. The lowest BCUT2D eigenvalue weighted by Gasteiger charge is -2.42. The predicted molar refractivity (Wildman–Crippen MR) is 96.2 cm³/mol. The highest BCUT2D eigenvalue weighted by molar-refractivity contribution is 6.07. The molecule has 9 nitrogen and oxygen atoms in total. The molecule has 0 N–H and O–H groups in total. The first kappa shape index (κ1) is 19.1. The number of rotatable bonds is 4. The van der Waals surface area contributed by atoms with E-state index in [-0.39, 0.29) is 29.8 Å². The standard InChI is InChI=1S/C18H25N5O4/c1-12(2)11-23-17(26)21(3)15(25)18(23)5-7-22(8-6-18)14(24)13-9-19-16(27-4)20-10-13/h9-10,12H,5-8,11H2,1-4H3. The van der Waals surface area contributed by atoms with Crippen molar-refractivity contribution in [2.45, 2.75) is 32.2 Å². The molecule has 1 aromatic rings. The van der Waals surface area contributed by atoms with Crippen molar-refractivity contribution in [2.24, 2.45) is 5.92 Å². The first-order chi connectivity index (χ1) is 12.8. The maximum absolute atomic E-state index is 12.8. The molecule has 146 valence electrons. The lowest BCUT2D eigenvalue weighted by atomic mass is 9.85. The molecule has 0 radical (unpaired) electrons. The zero-order valence-electron chi connectivity index (χ0n) is 16.1. The molecule has 4 amide bonds. The summed E-state index contributed by atoms with van der Waals surface area (Å²) < 4.78 is 4.91. The lowest BCUT2D eigenvalue weighted by Crippen LogP contribution is -2.58. The minimum absolute atomic E-state index is 0.173. The Morgan fingerprint density at radius 1 is 1.22 bits per heavy atom. The summed E-state index contributed by atoms with van der Waals surface area (Å²) in [5.74, 6) is -0.109. The van der Waals surface area contributed by atoms with E-state index in [1.54, 1.807) is 9.80 Å². The fourth-order valence-electron chi connectivity index (χ4n) is 3.77. The van der Waals surface area contributed by atoms with Crippen molar-refractivity contribution in [2.75, 3.05) is 33.8 Å². The average molecular weight is 375 g/mol. The van der Waals surface area contributed by atoms with E-state index >= 15 is 0 Å². The number of carbonyl (C=O) groups is 3. The molecule has 27 heavy (non-hydrogen) atoms. The summed E-state index contributed by atoms with van der Waals surface area (Å²) in [5.41, 5.74) is -0.472. The van der Waals surface area contributed by atoms with Crippen LogP contribution in [0.25, 0.3) is 0 Å². The van der Waals surface area contributed by atoms with Gasteiger partial charge in [-0.1, -0.05) is 13.8 Å². The Kier molecular flexibility index (Phi) is 5.03. The van der Waals surface area contributed by atoms with Crippen molar-refractivity contribution >= 4 is 17.8 Å². The predicted octanol–water partition coefficient (Wildman–Crippen LogP) is 1.01. The van der Waals surface area contributed by atoms with Gasteiger partial charge in [-0.25, -0.2) is 14.8 Å². The van der Waals surface area contributed by atoms with Crippen LogP contribution in [0.4, 0.5) is 4.79 Å². The van der Waals surface area contributed by atoms with Crippen LogP contribution in [0.15, 0.2) is 12.4 Å². The molecule has 9 heteroatoms. The highest BCUT2D eigenvalue weighted by atomic mass is 16.5. The molecule has 0 atom stereocenters. The third kappa shape index (κ3) is 3.22. The molecule has 2 aliphatic rings. The van der Waals surface area contributed by atoms with Gasteiger partial charge in [0.05, 0.1) is 12.7 Å². The number of piperidine rings is 1. The lowest BCUT2D eigenvalue weighted by molar-refractivity contribution is -0.134. The quantitative estimate of drug-likeness (QED) is 0.729. The molecule has 0 saturated carbocycles. The summed E-state index contributed by atoms with van der Waals surface area (Å²) >= 11 is 0. The number of likely N-dealkylation sites (N-methyl/N-ethyl adjacent to an activating group) is 1. The van der Waals surface area contributed by atoms with Gasteiger partial charge in [0.15, 0.2) is 0 Å². The van der Waals surface area contributed by atoms with Crippen molar-refractivity contribution in [1.29, 1.82) is 0 Å². The smallest absolute Gasteiger partial charge is 0.327 e. The topological polar surface area (TPSA) is 95.9 Å². The summed E-state index contributed by atoms with van der Waals surface area (Å²) in [4.78, 5) is 50.6. The van der Waals surface area contributed by atoms with Crippen LogP contribution in [0, 0.1) is 5.92 Å². The Hall–Kier alpha value is -2.71. The van der Waals surface area contributed by atoms with E-state index in [0.717, 1.165) is 0 Å². The number of carbonyl (C=O) groups excluding carboxylic acids is 3. The number of amides is 4. The molecule has 3 rings (SSSR count). The monoisotopic (exact) mass is 375 g/mol. The van der Waals surface area contributed by atoms with Crippen LogP contribution < -0.4 is 4.74 Å². The van der Waals surface area contributed by atoms with Gasteiger partial charge in [0.1, 0.15) is 5.54 Å². The normalized spacial score (nSPS) is 19.4. The van der Waals surface area contributed by atoms with Crippen LogP contribution >= 0.6 is 0 Å². The van der Waals surface area contributed by atoms with Crippen molar-refractivity contribution < 1.29 is 19.1 Å². The Labute approximate surface area is 158 Å². The van der Waals surface area contributed by atoms with E-state index in [1.165, 1.54) is 31.5 Å². The fourth-order valence-corrected chi connectivity index (χ4v) is 3.77. The van der Waals surface area contributed by atoms with Crippen LogP contribution in [-0.2, 0) is 4.79 Å². The molecule has 0 bridgehead atoms. The minimum atomic E-state index is -0.844. The molecule has 1 spiro atoms. The van der Waals surface area contributed by atoms with Crippen molar-refractivity contribution in [3.05, 3.63) is 18.0 Å². The summed E-state index contributed by atoms with van der Waals surface area (Å²) in [7, 11) is 2.99. The maximum Gasteiger partial charge on any atom is 0.327 e. The molecule has 2 aliphatic heterocycles. The molecular formula is C18H25N5O4. The highest BCUT2D eigenvalue weighted by Gasteiger charge is 2.57. The van der Waals surface area contributed by atoms with Crippen molar-refractivity contribution in [3.8, 4) is 6.01 Å². The second-order valence-corrected chi connectivity index (χ2v) is 7.43. The SMILES string of the molecule is COc1ncc(C(=O)N2CCC3(CC2)C(=O)N(C)C(=O)N3CC(C)C)cn1. The molecule has 2 saturated heterocycles. The van der Waals surface area contributed by atoms with E-state index in [1.807, 2.05) is 13.8 Å². The average Bonchev–Trinajstić information content (AvgIpc) is 2.84. The number of urea groups is 1. The van der Waals surface area contributed by atoms with Gasteiger partial charge in [-0.2, -0.15) is 0 Å². The minimum Gasteiger partial charge on any atom is -0.467 e. The van der Waals surface area contributed by atoms with E-state index in [9.17, 15) is 14.4 Å². The second-order valence-electron chi connectivity index (χ2n) is 7.43. The van der Waals surface area contributed by atoms with Crippen molar-refractivity contribution in [1.82, 2.24) is 24.7 Å². The van der Waals surface area contributed by atoms with Crippen LogP contribution in [0.5, 0.6) is 6.01 Å². The van der Waals surface area contributed by atoms with Crippen molar-refractivity contribution in [3.63, 3.8) is 0 Å². The molecular weight excluding hydrogens is 350 g/mol. The number of aromatic nitrogens is 2. The number of hydrogen-bond acceptors (Lipinski definition) is 6. The van der Waals surface area contributed by atoms with Crippen LogP contribution in [0.1, 0.15) is 37.0 Å². The third-order valence-corrected chi connectivity index (χ3v) is 5.22. The van der Waals surface area contributed by atoms with Gasteiger partial charge >= 0.3 is 12.0 Å². The van der Waals surface area contributed by atoms with Gasteiger partial charge in [0, 0.05) is 39.1 Å². The van der Waals surface area contributed by atoms with E-state index in [2.05, 4.69) is 9.97 Å². The molecule has 0 aromatic carbocycles. The molecule has 3 heterocycles. The number of hydrogen-bond donors (Lipinski definition) is 0. The van der Waals surface area contributed by atoms with Gasteiger partial charge in [-0.3, -0.25) is 14.5 Å². The largest absolute Gasteiger partial charge is 0.467 e.